The van der Waals surface area contributed by atoms with Crippen molar-refractivity contribution in [2.24, 2.45) is 17.2 Å². The summed E-state index contributed by atoms with van der Waals surface area (Å²) >= 11 is 0. The number of unbranched alkanes of at least 4 members (excludes halogenated alkanes) is 1. The third-order valence-electron chi connectivity index (χ3n) is 2.34. The van der Waals surface area contributed by atoms with Crippen molar-refractivity contribution < 1.29 is 29.4 Å². The average molecular weight is 336 g/mol. The van der Waals surface area contributed by atoms with E-state index in [-0.39, 0.29) is 0 Å². The van der Waals surface area contributed by atoms with Gasteiger partial charge in [0, 0.05) is 6.54 Å². The summed E-state index contributed by atoms with van der Waals surface area (Å²) in [6, 6.07) is -3.03. The highest BCUT2D eigenvalue weighted by Crippen LogP contribution is 1.97. The summed E-state index contributed by atoms with van der Waals surface area (Å²) in [7, 11) is 0. The standard InChI is InChI=1S/C7H15N3O3.C4H9N3O3/c8-5(6(11)12)3-1-2-4-10-7(9)13;1-2(3(8)9)6-7-4(5)10/h5H,1-4,8H2,(H,11,12)(H3,9,10,13);2,6H,1H3,(H,8,9)(H3,5,7,10)/t5-;2-/m00/s1. The first-order valence-electron chi connectivity index (χ1n) is 6.63. The molecule has 0 spiro atoms. The van der Waals surface area contributed by atoms with Crippen LogP contribution in [-0.4, -0.2) is 52.8 Å². The number of hydrazine groups is 1. The minimum atomic E-state index is -1.06. The number of carboxylic acids is 2. The molecule has 2 atom stereocenters. The van der Waals surface area contributed by atoms with Crippen LogP contribution in [0.15, 0.2) is 0 Å². The van der Waals surface area contributed by atoms with E-state index in [9.17, 15) is 19.2 Å². The molecule has 0 aliphatic carbocycles. The second-order valence-corrected chi connectivity index (χ2v) is 4.43. The number of hydrogen-bond acceptors (Lipinski definition) is 6. The van der Waals surface area contributed by atoms with E-state index >= 15 is 0 Å². The summed E-state index contributed by atoms with van der Waals surface area (Å²) in [6.07, 6.45) is 1.76. The fourth-order valence-corrected chi connectivity index (χ4v) is 1.07. The second-order valence-electron chi connectivity index (χ2n) is 4.43. The van der Waals surface area contributed by atoms with Crippen molar-refractivity contribution in [3.63, 3.8) is 0 Å². The smallest absolute Gasteiger partial charge is 0.326 e. The minimum absolute atomic E-state index is 0.412. The van der Waals surface area contributed by atoms with E-state index in [0.29, 0.717) is 25.8 Å². The Balaban J connectivity index is 0. The van der Waals surface area contributed by atoms with Crippen LogP contribution in [0.3, 0.4) is 0 Å². The van der Waals surface area contributed by atoms with Crippen LogP contribution in [-0.2, 0) is 9.59 Å². The van der Waals surface area contributed by atoms with Crippen molar-refractivity contribution in [2.75, 3.05) is 6.54 Å². The Morgan fingerprint density at radius 3 is 1.96 bits per heavy atom. The molecular formula is C11H24N6O6. The van der Waals surface area contributed by atoms with E-state index < -0.39 is 36.1 Å². The number of amides is 4. The Morgan fingerprint density at radius 1 is 1.00 bits per heavy atom. The first kappa shape index (κ1) is 22.7. The van der Waals surface area contributed by atoms with Crippen LogP contribution in [0.2, 0.25) is 0 Å². The van der Waals surface area contributed by atoms with Crippen LogP contribution in [0, 0.1) is 0 Å². The van der Waals surface area contributed by atoms with Crippen molar-refractivity contribution in [1.82, 2.24) is 16.2 Å². The highest BCUT2D eigenvalue weighted by molar-refractivity contribution is 5.75. The third kappa shape index (κ3) is 17.3. The number of carbonyl (C=O) groups is 4. The Hall–Kier alpha value is -2.60. The fraction of sp³-hybridized carbons (Fsp3) is 0.636. The zero-order chi connectivity index (χ0) is 18.4. The summed E-state index contributed by atoms with van der Waals surface area (Å²) in [5.74, 6) is -2.06. The maximum atomic E-state index is 10.3. The van der Waals surface area contributed by atoms with Gasteiger partial charge in [0.1, 0.15) is 12.1 Å². The van der Waals surface area contributed by atoms with Gasteiger partial charge in [-0.1, -0.05) is 0 Å². The van der Waals surface area contributed by atoms with E-state index in [2.05, 4.69) is 16.5 Å². The normalized spacial score (nSPS) is 12.1. The van der Waals surface area contributed by atoms with Crippen LogP contribution < -0.4 is 33.4 Å². The molecule has 12 nitrogen and oxygen atoms in total. The van der Waals surface area contributed by atoms with E-state index in [4.69, 9.17) is 21.7 Å². The highest BCUT2D eigenvalue weighted by atomic mass is 16.4. The molecule has 0 aromatic rings. The van der Waals surface area contributed by atoms with E-state index in [1.807, 2.05) is 5.43 Å². The molecule has 0 saturated carbocycles. The number of nitrogens with one attached hydrogen (secondary N) is 3. The summed E-state index contributed by atoms with van der Waals surface area (Å²) in [4.78, 5) is 40.5. The van der Waals surface area contributed by atoms with Gasteiger partial charge < -0.3 is 32.7 Å². The number of rotatable bonds is 9. The molecule has 0 rings (SSSR count). The lowest BCUT2D eigenvalue weighted by atomic mass is 10.1. The van der Waals surface area contributed by atoms with Gasteiger partial charge in [0.25, 0.3) is 0 Å². The quantitative estimate of drug-likeness (QED) is 0.171. The molecule has 0 fully saturated rings. The molecule has 23 heavy (non-hydrogen) atoms. The molecule has 0 unspecified atom stereocenters. The molecular weight excluding hydrogens is 312 g/mol. The summed E-state index contributed by atoms with van der Waals surface area (Å²) < 4.78 is 0. The number of nitrogens with two attached hydrogens (primary N) is 3. The Labute approximate surface area is 132 Å². The Kier molecular flexibility index (Phi) is 12.9. The van der Waals surface area contributed by atoms with Crippen molar-refractivity contribution in [3.05, 3.63) is 0 Å². The van der Waals surface area contributed by atoms with E-state index in [0.717, 1.165) is 0 Å². The van der Waals surface area contributed by atoms with Gasteiger partial charge in [-0.05, 0) is 26.2 Å². The molecule has 0 heterocycles. The molecule has 0 saturated heterocycles. The largest absolute Gasteiger partial charge is 0.480 e. The summed E-state index contributed by atoms with van der Waals surface area (Å²) in [5.41, 5.74) is 18.8. The van der Waals surface area contributed by atoms with Gasteiger partial charge in [-0.15, -0.1) is 0 Å². The van der Waals surface area contributed by atoms with Crippen molar-refractivity contribution in [3.8, 4) is 0 Å². The average Bonchev–Trinajstić information content (AvgIpc) is 2.44. The fourth-order valence-electron chi connectivity index (χ4n) is 1.07. The van der Waals surface area contributed by atoms with Crippen molar-refractivity contribution in [2.45, 2.75) is 38.3 Å². The maximum absolute atomic E-state index is 10.3. The molecule has 0 radical (unpaired) electrons. The minimum Gasteiger partial charge on any atom is -0.480 e. The molecule has 12 heteroatoms. The van der Waals surface area contributed by atoms with Crippen LogP contribution in [0.1, 0.15) is 26.2 Å². The molecule has 0 bridgehead atoms. The highest BCUT2D eigenvalue weighted by Gasteiger charge is 2.10. The SMILES string of the molecule is C[C@H](NNC(N)=O)C(=O)O.NC(=O)NCCCC[C@H](N)C(=O)O. The lowest BCUT2D eigenvalue weighted by molar-refractivity contribution is -0.139. The van der Waals surface area contributed by atoms with Gasteiger partial charge in [0.05, 0.1) is 0 Å². The molecule has 0 aromatic carbocycles. The lowest BCUT2D eigenvalue weighted by Crippen LogP contribution is -2.48. The lowest BCUT2D eigenvalue weighted by Gasteiger charge is -2.07. The number of aliphatic carboxylic acids is 2. The summed E-state index contributed by atoms with van der Waals surface area (Å²) in [6.45, 7) is 1.83. The predicted octanol–water partition coefficient (Wildman–Crippen LogP) is -2.13. The van der Waals surface area contributed by atoms with Gasteiger partial charge in [-0.25, -0.2) is 15.0 Å². The first-order valence-corrected chi connectivity index (χ1v) is 6.63. The monoisotopic (exact) mass is 336 g/mol. The van der Waals surface area contributed by atoms with Crippen LogP contribution in [0.5, 0.6) is 0 Å². The van der Waals surface area contributed by atoms with E-state index in [1.165, 1.54) is 6.92 Å². The topological polar surface area (TPSA) is 223 Å². The molecule has 0 aromatic heterocycles. The van der Waals surface area contributed by atoms with Gasteiger partial charge in [0.15, 0.2) is 0 Å². The van der Waals surface area contributed by atoms with Gasteiger partial charge in [-0.3, -0.25) is 15.0 Å². The van der Waals surface area contributed by atoms with Crippen LogP contribution >= 0.6 is 0 Å². The maximum Gasteiger partial charge on any atom is 0.326 e. The number of primary amides is 2. The van der Waals surface area contributed by atoms with E-state index in [1.54, 1.807) is 0 Å². The molecule has 0 aliphatic heterocycles. The molecule has 11 N–H and O–H groups in total. The third-order valence-corrected chi connectivity index (χ3v) is 2.34. The molecule has 4 amide bonds. The summed E-state index contributed by atoms with van der Waals surface area (Å²) in [5, 5.41) is 19.1. The molecule has 134 valence electrons. The second kappa shape index (κ2) is 13.1. The van der Waals surface area contributed by atoms with Gasteiger partial charge in [-0.2, -0.15) is 0 Å². The van der Waals surface area contributed by atoms with Gasteiger partial charge in [0.2, 0.25) is 0 Å². The zero-order valence-corrected chi connectivity index (χ0v) is 12.7. The molecule has 0 aliphatic rings. The van der Waals surface area contributed by atoms with Gasteiger partial charge >= 0.3 is 24.0 Å². The Bertz CT molecular complexity index is 404. The number of carbonyl (C=O) groups excluding carboxylic acids is 2. The number of carboxylic acid groups (broad SMARTS) is 2. The number of urea groups is 2. The van der Waals surface area contributed by atoms with Crippen LogP contribution in [0.25, 0.3) is 0 Å². The zero-order valence-electron chi connectivity index (χ0n) is 12.7. The van der Waals surface area contributed by atoms with Crippen molar-refractivity contribution in [1.29, 1.82) is 0 Å². The first-order chi connectivity index (χ1) is 10.6. The predicted molar refractivity (Wildman–Crippen MR) is 80.0 cm³/mol. The number of hydrogen-bond donors (Lipinski definition) is 8. The van der Waals surface area contributed by atoms with Crippen LogP contribution in [0.4, 0.5) is 9.59 Å². The Morgan fingerprint density at radius 2 is 1.57 bits per heavy atom. The van der Waals surface area contributed by atoms with Crippen molar-refractivity contribution >= 4 is 24.0 Å².